The van der Waals surface area contributed by atoms with Crippen molar-refractivity contribution in [1.82, 2.24) is 4.90 Å². The molecule has 0 aromatic heterocycles. The summed E-state index contributed by atoms with van der Waals surface area (Å²) in [5, 5.41) is 9.55. The Morgan fingerprint density at radius 2 is 2.00 bits per heavy atom. The molecule has 3 N–H and O–H groups in total. The molecule has 3 heteroatoms. The number of hydrogen-bond acceptors (Lipinski definition) is 3. The largest absolute Gasteiger partial charge is 0.395 e. The van der Waals surface area contributed by atoms with E-state index in [9.17, 15) is 5.11 Å². The predicted octanol–water partition coefficient (Wildman–Crippen LogP) is 1.74. The lowest BCUT2D eigenvalue weighted by atomic mass is 10.0. The Labute approximate surface area is 100 Å². The van der Waals surface area contributed by atoms with E-state index < -0.39 is 0 Å². The normalized spacial score (nSPS) is 20.1. The Morgan fingerprint density at radius 3 is 2.44 bits per heavy atom. The molecule has 1 saturated carbocycles. The van der Waals surface area contributed by atoms with Crippen molar-refractivity contribution < 1.29 is 5.11 Å². The first-order valence-corrected chi connectivity index (χ1v) is 6.86. The molecule has 16 heavy (non-hydrogen) atoms. The van der Waals surface area contributed by atoms with Crippen LogP contribution in [0.2, 0.25) is 0 Å². The highest BCUT2D eigenvalue weighted by atomic mass is 16.3. The van der Waals surface area contributed by atoms with Gasteiger partial charge in [-0.3, -0.25) is 4.90 Å². The summed E-state index contributed by atoms with van der Waals surface area (Å²) in [6.45, 7) is 5.68. The summed E-state index contributed by atoms with van der Waals surface area (Å²) >= 11 is 0. The third-order valence-corrected chi connectivity index (χ3v) is 3.52. The van der Waals surface area contributed by atoms with Crippen LogP contribution < -0.4 is 5.73 Å². The van der Waals surface area contributed by atoms with Crippen LogP contribution >= 0.6 is 0 Å². The molecule has 1 aliphatic rings. The van der Waals surface area contributed by atoms with Crippen LogP contribution in [0.15, 0.2) is 0 Å². The van der Waals surface area contributed by atoms with Gasteiger partial charge < -0.3 is 10.8 Å². The third kappa shape index (κ3) is 4.04. The Hall–Kier alpha value is -0.120. The summed E-state index contributed by atoms with van der Waals surface area (Å²) in [6, 6.07) is 1.01. The molecule has 0 spiro atoms. The molecule has 0 aromatic carbocycles. The summed E-state index contributed by atoms with van der Waals surface area (Å²) in [7, 11) is 0. The van der Waals surface area contributed by atoms with Crippen molar-refractivity contribution in [2.45, 2.75) is 70.5 Å². The standard InChI is InChI=1S/C13H28N2O/c1-3-5-9-15(11-7-8-11)13(10-16)12(14)6-4-2/h11-13,16H,3-10,14H2,1-2H3. The fraction of sp³-hybridized carbons (Fsp3) is 1.00. The minimum Gasteiger partial charge on any atom is -0.395 e. The smallest absolute Gasteiger partial charge is 0.0602 e. The zero-order chi connectivity index (χ0) is 12.0. The van der Waals surface area contributed by atoms with Crippen LogP contribution in [0.4, 0.5) is 0 Å². The number of aliphatic hydroxyl groups is 1. The second kappa shape index (κ2) is 7.25. The first kappa shape index (κ1) is 13.9. The van der Waals surface area contributed by atoms with E-state index >= 15 is 0 Å². The molecule has 0 radical (unpaired) electrons. The molecule has 0 heterocycles. The van der Waals surface area contributed by atoms with E-state index in [0.717, 1.165) is 19.4 Å². The highest BCUT2D eigenvalue weighted by molar-refractivity contribution is 4.92. The molecule has 0 bridgehead atoms. The molecule has 1 aliphatic carbocycles. The Balaban J connectivity index is 2.50. The monoisotopic (exact) mass is 228 g/mol. The zero-order valence-corrected chi connectivity index (χ0v) is 10.9. The molecule has 0 amide bonds. The van der Waals surface area contributed by atoms with E-state index in [1.54, 1.807) is 0 Å². The second-order valence-corrected chi connectivity index (χ2v) is 5.03. The van der Waals surface area contributed by atoms with Crippen molar-refractivity contribution in [1.29, 1.82) is 0 Å². The zero-order valence-electron chi connectivity index (χ0n) is 10.9. The maximum atomic E-state index is 9.55. The fourth-order valence-corrected chi connectivity index (χ4v) is 2.38. The van der Waals surface area contributed by atoms with Crippen LogP contribution in [0.5, 0.6) is 0 Å². The highest BCUT2D eigenvalue weighted by Gasteiger charge is 2.35. The van der Waals surface area contributed by atoms with Gasteiger partial charge in [0.2, 0.25) is 0 Å². The van der Waals surface area contributed by atoms with Gasteiger partial charge in [-0.15, -0.1) is 0 Å². The number of rotatable bonds is 9. The third-order valence-electron chi connectivity index (χ3n) is 3.52. The van der Waals surface area contributed by atoms with Gasteiger partial charge in [0.1, 0.15) is 0 Å². The molecule has 2 atom stereocenters. The molecular weight excluding hydrogens is 200 g/mol. The maximum absolute atomic E-state index is 9.55. The molecular formula is C13H28N2O. The lowest BCUT2D eigenvalue weighted by molar-refractivity contribution is 0.0930. The first-order valence-electron chi connectivity index (χ1n) is 6.86. The van der Waals surface area contributed by atoms with Crippen molar-refractivity contribution >= 4 is 0 Å². The molecule has 3 nitrogen and oxygen atoms in total. The van der Waals surface area contributed by atoms with Gasteiger partial charge in [-0.05, 0) is 32.2 Å². The van der Waals surface area contributed by atoms with Gasteiger partial charge in [-0.2, -0.15) is 0 Å². The minimum absolute atomic E-state index is 0.132. The van der Waals surface area contributed by atoms with Gasteiger partial charge in [0.05, 0.1) is 6.61 Å². The van der Waals surface area contributed by atoms with E-state index in [0.29, 0.717) is 6.04 Å². The van der Waals surface area contributed by atoms with Crippen molar-refractivity contribution in [2.75, 3.05) is 13.2 Å². The van der Waals surface area contributed by atoms with E-state index in [-0.39, 0.29) is 18.7 Å². The number of nitrogens with two attached hydrogens (primary N) is 1. The van der Waals surface area contributed by atoms with E-state index in [1.807, 2.05) is 0 Å². The van der Waals surface area contributed by atoms with Crippen molar-refractivity contribution in [3.63, 3.8) is 0 Å². The molecule has 0 aliphatic heterocycles. The molecule has 2 unspecified atom stereocenters. The van der Waals surface area contributed by atoms with Gasteiger partial charge in [0.15, 0.2) is 0 Å². The van der Waals surface area contributed by atoms with Crippen LogP contribution in [0, 0.1) is 0 Å². The Morgan fingerprint density at radius 1 is 1.31 bits per heavy atom. The van der Waals surface area contributed by atoms with Crippen molar-refractivity contribution in [3.8, 4) is 0 Å². The van der Waals surface area contributed by atoms with Crippen LogP contribution in [-0.4, -0.2) is 41.3 Å². The van der Waals surface area contributed by atoms with E-state index in [2.05, 4.69) is 18.7 Å². The van der Waals surface area contributed by atoms with Gasteiger partial charge in [-0.25, -0.2) is 0 Å². The number of nitrogens with zero attached hydrogens (tertiary/aromatic N) is 1. The van der Waals surface area contributed by atoms with Gasteiger partial charge in [-0.1, -0.05) is 26.7 Å². The lowest BCUT2D eigenvalue weighted by Crippen LogP contribution is -2.51. The highest BCUT2D eigenvalue weighted by Crippen LogP contribution is 2.30. The van der Waals surface area contributed by atoms with Crippen LogP contribution in [0.1, 0.15) is 52.4 Å². The van der Waals surface area contributed by atoms with Gasteiger partial charge >= 0.3 is 0 Å². The molecule has 1 fully saturated rings. The maximum Gasteiger partial charge on any atom is 0.0602 e. The second-order valence-electron chi connectivity index (χ2n) is 5.03. The minimum atomic E-state index is 0.132. The van der Waals surface area contributed by atoms with E-state index in [4.69, 9.17) is 5.73 Å². The van der Waals surface area contributed by atoms with Crippen LogP contribution in [0.3, 0.4) is 0 Å². The van der Waals surface area contributed by atoms with Crippen molar-refractivity contribution in [3.05, 3.63) is 0 Å². The summed E-state index contributed by atoms with van der Waals surface area (Å²) in [5.74, 6) is 0. The van der Waals surface area contributed by atoms with Gasteiger partial charge in [0.25, 0.3) is 0 Å². The number of aliphatic hydroxyl groups excluding tert-OH is 1. The van der Waals surface area contributed by atoms with Crippen LogP contribution in [-0.2, 0) is 0 Å². The van der Waals surface area contributed by atoms with E-state index in [1.165, 1.54) is 25.7 Å². The summed E-state index contributed by atoms with van der Waals surface area (Å²) in [4.78, 5) is 2.46. The van der Waals surface area contributed by atoms with Gasteiger partial charge in [0, 0.05) is 18.1 Å². The number of unbranched alkanes of at least 4 members (excludes halogenated alkanes) is 1. The first-order chi connectivity index (χ1) is 7.74. The summed E-state index contributed by atoms with van der Waals surface area (Å²) in [5.41, 5.74) is 6.18. The SMILES string of the molecule is CCCCN(C1CC1)C(CO)C(N)CCC. The number of hydrogen-bond donors (Lipinski definition) is 2. The topological polar surface area (TPSA) is 49.5 Å². The average Bonchev–Trinajstić information content (AvgIpc) is 3.08. The predicted molar refractivity (Wildman–Crippen MR) is 68.4 cm³/mol. The molecule has 0 saturated heterocycles. The molecule has 96 valence electrons. The van der Waals surface area contributed by atoms with Crippen LogP contribution in [0.25, 0.3) is 0 Å². The van der Waals surface area contributed by atoms with Crippen molar-refractivity contribution in [2.24, 2.45) is 5.73 Å². The molecule has 1 rings (SSSR count). The Kier molecular flexibility index (Phi) is 6.32. The summed E-state index contributed by atoms with van der Waals surface area (Å²) in [6.07, 6.45) is 7.12. The average molecular weight is 228 g/mol. The molecule has 0 aromatic rings. The quantitative estimate of drug-likeness (QED) is 0.632. The Bertz CT molecular complexity index is 183. The summed E-state index contributed by atoms with van der Waals surface area (Å²) < 4.78 is 0. The fourth-order valence-electron chi connectivity index (χ4n) is 2.38. The lowest BCUT2D eigenvalue weighted by Gasteiger charge is -2.34.